The van der Waals surface area contributed by atoms with Crippen molar-refractivity contribution in [2.24, 2.45) is 0 Å². The van der Waals surface area contributed by atoms with Gasteiger partial charge < -0.3 is 20.3 Å². The molecule has 4 aromatic heterocycles. The summed E-state index contributed by atoms with van der Waals surface area (Å²) in [7, 11) is 3.41. The number of ether oxygens (including phenoxy) is 2. The molecule has 0 spiro atoms. The molecule has 0 saturated heterocycles. The third kappa shape index (κ3) is 7.98. The molecule has 0 bridgehead atoms. The van der Waals surface area contributed by atoms with Crippen molar-refractivity contribution in [2.45, 2.75) is 129 Å². The SMILES string of the molecule is COC(C)(C)CCn1nc(N(C(=O)O)C(C)(C)C)c2ncc(C3CC3)nc21.COC(C)(C)CCn1nc(N)c2ncc(C3CC3)nc21. The number of anilines is 2. The number of aromatic nitrogens is 8. The van der Waals surface area contributed by atoms with E-state index in [1.807, 2.05) is 45.5 Å². The Labute approximate surface area is 276 Å². The van der Waals surface area contributed by atoms with E-state index in [0.717, 1.165) is 49.3 Å². The Kier molecular flexibility index (Phi) is 9.48. The van der Waals surface area contributed by atoms with Gasteiger partial charge in [0, 0.05) is 57.1 Å². The third-order valence-corrected chi connectivity index (χ3v) is 8.95. The van der Waals surface area contributed by atoms with Crippen molar-refractivity contribution in [3.63, 3.8) is 0 Å². The van der Waals surface area contributed by atoms with Crippen LogP contribution in [0.3, 0.4) is 0 Å². The summed E-state index contributed by atoms with van der Waals surface area (Å²) in [6.45, 7) is 14.9. The standard InChI is InChI=1S/C19H29N5O3.C14H21N5O/c1-18(2,3)24(17(25)26)16-14-15(21-13(11-20-14)12-7-8-12)23(22-16)10-9-19(4,5)27-6;1-14(2,20-3)6-7-19-13-11(12(15)18-19)16-8-10(17-13)9-4-5-9/h11-12H,7-10H2,1-6H3,(H,25,26);8-9H,4-7H2,1-3H3,(H2,15,18). The predicted molar refractivity (Wildman–Crippen MR) is 181 cm³/mol. The molecule has 14 nitrogen and oxygen atoms in total. The van der Waals surface area contributed by atoms with Crippen molar-refractivity contribution in [2.75, 3.05) is 24.9 Å². The molecule has 14 heteroatoms. The highest BCUT2D eigenvalue weighted by molar-refractivity contribution is 5.96. The minimum absolute atomic E-state index is 0.186. The number of amides is 1. The highest BCUT2D eigenvalue weighted by Gasteiger charge is 2.34. The Morgan fingerprint density at radius 2 is 1.28 bits per heavy atom. The first kappa shape index (κ1) is 34.4. The summed E-state index contributed by atoms with van der Waals surface area (Å²) >= 11 is 0. The second kappa shape index (κ2) is 12.9. The minimum atomic E-state index is -1.06. The number of methoxy groups -OCH3 is 2. The summed E-state index contributed by atoms with van der Waals surface area (Å²) in [6.07, 6.45) is 8.77. The van der Waals surface area contributed by atoms with E-state index in [2.05, 4.69) is 34.0 Å². The predicted octanol–water partition coefficient (Wildman–Crippen LogP) is 5.90. The van der Waals surface area contributed by atoms with Gasteiger partial charge in [0.05, 0.1) is 22.6 Å². The molecule has 2 fully saturated rings. The van der Waals surface area contributed by atoms with Crippen LogP contribution in [0.15, 0.2) is 12.4 Å². The summed E-state index contributed by atoms with van der Waals surface area (Å²) in [6, 6.07) is 0. The average molecular weight is 651 g/mol. The van der Waals surface area contributed by atoms with Crippen molar-refractivity contribution in [1.82, 2.24) is 39.5 Å². The van der Waals surface area contributed by atoms with E-state index in [0.29, 0.717) is 46.7 Å². The van der Waals surface area contributed by atoms with Crippen LogP contribution in [-0.2, 0) is 22.6 Å². The first-order valence-electron chi connectivity index (χ1n) is 16.4. The summed E-state index contributed by atoms with van der Waals surface area (Å²) in [5.41, 5.74) is 9.44. The molecule has 2 aliphatic rings. The lowest BCUT2D eigenvalue weighted by atomic mass is 10.1. The van der Waals surface area contributed by atoms with E-state index in [1.165, 1.54) is 17.7 Å². The van der Waals surface area contributed by atoms with Crippen LogP contribution in [0.1, 0.15) is 110 Å². The lowest BCUT2D eigenvalue weighted by molar-refractivity contribution is 0.0113. The van der Waals surface area contributed by atoms with Gasteiger partial charge in [0.1, 0.15) is 0 Å². The lowest BCUT2D eigenvalue weighted by Gasteiger charge is -2.31. The van der Waals surface area contributed by atoms with Crippen LogP contribution in [0.5, 0.6) is 0 Å². The van der Waals surface area contributed by atoms with Gasteiger partial charge in [0.25, 0.3) is 0 Å². The largest absolute Gasteiger partial charge is 0.465 e. The van der Waals surface area contributed by atoms with Gasteiger partial charge >= 0.3 is 6.09 Å². The number of nitrogen functional groups attached to an aromatic ring is 1. The number of nitrogens with zero attached hydrogens (tertiary/aromatic N) is 9. The third-order valence-electron chi connectivity index (χ3n) is 8.95. The topological polar surface area (TPSA) is 172 Å². The quantitative estimate of drug-likeness (QED) is 0.198. The van der Waals surface area contributed by atoms with E-state index in [1.54, 1.807) is 25.1 Å². The van der Waals surface area contributed by atoms with E-state index in [9.17, 15) is 9.90 Å². The molecule has 3 N–H and O–H groups in total. The molecule has 2 aliphatic carbocycles. The normalized spacial score (nSPS) is 15.6. The number of fused-ring (bicyclic) bond motifs is 2. The van der Waals surface area contributed by atoms with E-state index in [4.69, 9.17) is 25.2 Å². The van der Waals surface area contributed by atoms with Crippen LogP contribution in [0, 0.1) is 0 Å². The number of aryl methyl sites for hydroxylation is 2. The summed E-state index contributed by atoms with van der Waals surface area (Å²) in [5.74, 6) is 1.81. The minimum Gasteiger partial charge on any atom is -0.465 e. The molecule has 0 atom stereocenters. The molecular weight excluding hydrogens is 600 g/mol. The fourth-order valence-corrected chi connectivity index (χ4v) is 5.18. The van der Waals surface area contributed by atoms with Gasteiger partial charge in [-0.1, -0.05) is 0 Å². The van der Waals surface area contributed by atoms with Crippen molar-refractivity contribution in [1.29, 1.82) is 0 Å². The number of nitrogens with two attached hydrogens (primary N) is 1. The van der Waals surface area contributed by atoms with E-state index in [-0.39, 0.29) is 11.2 Å². The van der Waals surface area contributed by atoms with Gasteiger partial charge in [0.15, 0.2) is 34.0 Å². The maximum atomic E-state index is 12.0. The number of rotatable bonds is 11. The van der Waals surface area contributed by atoms with Crippen molar-refractivity contribution >= 4 is 40.1 Å². The molecule has 4 aromatic rings. The Morgan fingerprint density at radius 1 is 0.830 bits per heavy atom. The Balaban J connectivity index is 0.000000193. The summed E-state index contributed by atoms with van der Waals surface area (Å²) < 4.78 is 14.6. The molecule has 1 amide bonds. The lowest BCUT2D eigenvalue weighted by Crippen LogP contribution is -2.45. The molecule has 0 radical (unpaired) electrons. The zero-order valence-electron chi connectivity index (χ0n) is 29.2. The van der Waals surface area contributed by atoms with Gasteiger partial charge in [-0.3, -0.25) is 4.90 Å². The molecule has 256 valence electrons. The number of hydrogen-bond donors (Lipinski definition) is 2. The molecule has 0 unspecified atom stereocenters. The first-order chi connectivity index (χ1) is 22.0. The van der Waals surface area contributed by atoms with Crippen LogP contribution in [0.4, 0.5) is 16.4 Å². The van der Waals surface area contributed by atoms with Crippen LogP contribution < -0.4 is 10.6 Å². The van der Waals surface area contributed by atoms with Gasteiger partial charge in [-0.15, -0.1) is 0 Å². The molecule has 2 saturated carbocycles. The van der Waals surface area contributed by atoms with Gasteiger partial charge in [0.2, 0.25) is 0 Å². The Hall–Kier alpha value is -3.91. The smallest absolute Gasteiger partial charge is 0.413 e. The van der Waals surface area contributed by atoms with Crippen molar-refractivity contribution in [3.8, 4) is 0 Å². The molecule has 0 aromatic carbocycles. The van der Waals surface area contributed by atoms with Crippen LogP contribution in [-0.4, -0.2) is 81.7 Å². The number of hydrogen-bond acceptors (Lipinski definition) is 10. The molecule has 0 aliphatic heterocycles. The monoisotopic (exact) mass is 650 g/mol. The molecule has 47 heavy (non-hydrogen) atoms. The van der Waals surface area contributed by atoms with Crippen molar-refractivity contribution in [3.05, 3.63) is 23.8 Å². The van der Waals surface area contributed by atoms with Gasteiger partial charge in [-0.25, -0.2) is 34.1 Å². The van der Waals surface area contributed by atoms with Gasteiger partial charge in [-0.05, 0) is 87.0 Å². The second-order valence-corrected chi connectivity index (χ2v) is 14.9. The number of carbonyl (C=O) groups is 1. The molecule has 4 heterocycles. The van der Waals surface area contributed by atoms with Crippen LogP contribution in [0.2, 0.25) is 0 Å². The Morgan fingerprint density at radius 3 is 1.70 bits per heavy atom. The van der Waals surface area contributed by atoms with Gasteiger partial charge in [-0.2, -0.15) is 10.2 Å². The molecular formula is C33H50N10O4. The fourth-order valence-electron chi connectivity index (χ4n) is 5.18. The maximum absolute atomic E-state index is 12.0. The van der Waals surface area contributed by atoms with Crippen molar-refractivity contribution < 1.29 is 19.4 Å². The maximum Gasteiger partial charge on any atom is 0.413 e. The molecule has 6 rings (SSSR count). The average Bonchev–Trinajstić information content (AvgIpc) is 3.95. The first-order valence-corrected chi connectivity index (χ1v) is 16.4. The van der Waals surface area contributed by atoms with E-state index >= 15 is 0 Å². The fraction of sp³-hybridized carbons (Fsp3) is 0.667. The van der Waals surface area contributed by atoms with Crippen LogP contribution >= 0.6 is 0 Å². The van der Waals surface area contributed by atoms with E-state index < -0.39 is 11.6 Å². The summed E-state index contributed by atoms with van der Waals surface area (Å²) in [5, 5.41) is 18.8. The highest BCUT2D eigenvalue weighted by Crippen LogP contribution is 2.40. The zero-order chi connectivity index (χ0) is 34.3. The Bertz CT molecular complexity index is 1730. The second-order valence-electron chi connectivity index (χ2n) is 14.9. The summed E-state index contributed by atoms with van der Waals surface area (Å²) in [4.78, 5) is 31.7. The van der Waals surface area contributed by atoms with Crippen LogP contribution in [0.25, 0.3) is 22.3 Å². The highest BCUT2D eigenvalue weighted by atomic mass is 16.5. The zero-order valence-corrected chi connectivity index (χ0v) is 29.2. The number of carboxylic acid groups (broad SMARTS) is 1.